The average Bonchev–Trinajstić information content (AvgIpc) is 2.63. The van der Waals surface area contributed by atoms with Gasteiger partial charge in [0, 0.05) is 23.7 Å². The number of amides is 1. The molecule has 0 radical (unpaired) electrons. The number of nitro benzene ring substituents is 1. The smallest absolute Gasteiger partial charge is 0.341 e. The molecule has 2 N–H and O–H groups in total. The zero-order valence-corrected chi connectivity index (χ0v) is 15.9. The Hall–Kier alpha value is -3.42. The third-order valence-electron chi connectivity index (χ3n) is 3.98. The van der Waals surface area contributed by atoms with E-state index in [-0.39, 0.29) is 17.8 Å². The topological polar surface area (TPSA) is 119 Å². The Kier molecular flexibility index (Phi) is 6.35. The lowest BCUT2D eigenvalue weighted by Crippen LogP contribution is -2.23. The molecule has 148 valence electrons. The molecule has 0 unspecified atom stereocenters. The van der Waals surface area contributed by atoms with Crippen LogP contribution in [0.2, 0.25) is 0 Å². The second-order valence-corrected chi connectivity index (χ2v) is 7.25. The summed E-state index contributed by atoms with van der Waals surface area (Å²) in [5.74, 6) is -1.15. The minimum atomic E-state index is -1.08. The van der Waals surface area contributed by atoms with Crippen molar-refractivity contribution in [3.05, 3.63) is 69.3 Å². The number of rotatable bonds is 7. The third kappa shape index (κ3) is 5.54. The third-order valence-corrected chi connectivity index (χ3v) is 3.98. The Bertz CT molecular complexity index is 902. The second kappa shape index (κ2) is 8.51. The molecule has 0 aliphatic heterocycles. The van der Waals surface area contributed by atoms with E-state index in [0.29, 0.717) is 16.9 Å². The van der Waals surface area contributed by atoms with E-state index in [1.807, 2.05) is 20.8 Å². The lowest BCUT2D eigenvalue weighted by molar-refractivity contribution is -0.386. The maximum absolute atomic E-state index is 12.4. The summed E-state index contributed by atoms with van der Waals surface area (Å²) in [6.45, 7) is 5.31. The van der Waals surface area contributed by atoms with Crippen molar-refractivity contribution in [1.29, 1.82) is 0 Å². The number of carbonyl (C=O) groups excluding carboxylic acids is 1. The minimum Gasteiger partial charge on any atom is -0.482 e. The van der Waals surface area contributed by atoms with Crippen molar-refractivity contribution < 1.29 is 24.4 Å². The predicted molar refractivity (Wildman–Crippen MR) is 103 cm³/mol. The first-order valence-corrected chi connectivity index (χ1v) is 8.58. The summed E-state index contributed by atoms with van der Waals surface area (Å²) in [5, 5.41) is 22.7. The molecule has 8 heteroatoms. The van der Waals surface area contributed by atoms with E-state index in [9.17, 15) is 19.7 Å². The number of nitro groups is 1. The van der Waals surface area contributed by atoms with Gasteiger partial charge in [-0.25, -0.2) is 4.79 Å². The van der Waals surface area contributed by atoms with Gasteiger partial charge in [0.1, 0.15) is 5.75 Å². The summed E-state index contributed by atoms with van der Waals surface area (Å²) in [6.07, 6.45) is 0. The van der Waals surface area contributed by atoms with Crippen LogP contribution < -0.4 is 10.1 Å². The van der Waals surface area contributed by atoms with E-state index in [1.165, 1.54) is 6.07 Å². The standard InChI is InChI=1S/C20H22N2O6/c1-20(2,3)16-8-7-14(10-17(16)22(26)27)19(25)21-11-13-5-4-6-15(9-13)28-12-18(23)24/h4-10H,11-12H2,1-3H3,(H,21,25)(H,23,24). The Balaban J connectivity index is 2.11. The first-order valence-electron chi connectivity index (χ1n) is 8.58. The monoisotopic (exact) mass is 386 g/mol. The molecule has 1 amide bonds. The molecule has 0 aliphatic carbocycles. The van der Waals surface area contributed by atoms with Crippen LogP contribution in [0.25, 0.3) is 0 Å². The van der Waals surface area contributed by atoms with Gasteiger partial charge in [0.2, 0.25) is 0 Å². The molecule has 0 atom stereocenters. The largest absolute Gasteiger partial charge is 0.482 e. The van der Waals surface area contributed by atoms with Crippen LogP contribution in [0, 0.1) is 10.1 Å². The van der Waals surface area contributed by atoms with Crippen molar-refractivity contribution in [2.75, 3.05) is 6.61 Å². The highest BCUT2D eigenvalue weighted by atomic mass is 16.6. The van der Waals surface area contributed by atoms with Crippen molar-refractivity contribution >= 4 is 17.6 Å². The zero-order chi connectivity index (χ0) is 20.9. The number of nitrogens with one attached hydrogen (secondary N) is 1. The van der Waals surface area contributed by atoms with Gasteiger partial charge in [0.15, 0.2) is 6.61 Å². The summed E-state index contributed by atoms with van der Waals surface area (Å²) in [6, 6.07) is 11.1. The fourth-order valence-corrected chi connectivity index (χ4v) is 2.63. The SMILES string of the molecule is CC(C)(C)c1ccc(C(=O)NCc2cccc(OCC(=O)O)c2)cc1[N+](=O)[O-]. The summed E-state index contributed by atoms with van der Waals surface area (Å²) in [7, 11) is 0. The van der Waals surface area contributed by atoms with Gasteiger partial charge >= 0.3 is 5.97 Å². The molecule has 0 fully saturated rings. The van der Waals surface area contributed by atoms with E-state index in [2.05, 4.69) is 5.32 Å². The highest BCUT2D eigenvalue weighted by Gasteiger charge is 2.26. The van der Waals surface area contributed by atoms with Crippen LogP contribution in [0.5, 0.6) is 5.75 Å². The molecule has 0 aromatic heterocycles. The summed E-state index contributed by atoms with van der Waals surface area (Å²) in [5.41, 5.74) is 0.935. The lowest BCUT2D eigenvalue weighted by Gasteiger charge is -2.19. The van der Waals surface area contributed by atoms with Crippen LogP contribution >= 0.6 is 0 Å². The van der Waals surface area contributed by atoms with Crippen molar-refractivity contribution in [3.8, 4) is 5.75 Å². The molecule has 0 saturated carbocycles. The van der Waals surface area contributed by atoms with Crippen LogP contribution in [0.15, 0.2) is 42.5 Å². The zero-order valence-electron chi connectivity index (χ0n) is 15.9. The van der Waals surface area contributed by atoms with Crippen molar-refractivity contribution in [1.82, 2.24) is 5.32 Å². The average molecular weight is 386 g/mol. The molecule has 8 nitrogen and oxygen atoms in total. The van der Waals surface area contributed by atoms with Gasteiger partial charge in [-0.05, 0) is 29.2 Å². The summed E-state index contributed by atoms with van der Waals surface area (Å²) >= 11 is 0. The molecule has 2 aromatic rings. The van der Waals surface area contributed by atoms with Gasteiger partial charge in [-0.2, -0.15) is 0 Å². The van der Waals surface area contributed by atoms with Crippen LogP contribution in [0.4, 0.5) is 5.69 Å². The molecule has 2 aromatic carbocycles. The van der Waals surface area contributed by atoms with E-state index >= 15 is 0 Å². The fraction of sp³-hybridized carbons (Fsp3) is 0.300. The van der Waals surface area contributed by atoms with E-state index < -0.39 is 28.8 Å². The molecule has 0 saturated heterocycles. The number of nitrogens with zero attached hydrogens (tertiary/aromatic N) is 1. The summed E-state index contributed by atoms with van der Waals surface area (Å²) < 4.78 is 5.10. The van der Waals surface area contributed by atoms with Crippen LogP contribution in [-0.4, -0.2) is 28.5 Å². The Morgan fingerprint density at radius 1 is 1.18 bits per heavy atom. The first kappa shape index (κ1) is 20.9. The van der Waals surface area contributed by atoms with Gasteiger partial charge in [0.05, 0.1) is 4.92 Å². The quantitative estimate of drug-likeness (QED) is 0.557. The number of ether oxygens (including phenoxy) is 1. The molecular weight excluding hydrogens is 364 g/mol. The van der Waals surface area contributed by atoms with Gasteiger partial charge in [-0.15, -0.1) is 0 Å². The summed E-state index contributed by atoms with van der Waals surface area (Å²) in [4.78, 5) is 33.9. The van der Waals surface area contributed by atoms with Gasteiger partial charge in [-0.1, -0.05) is 39.0 Å². The fourth-order valence-electron chi connectivity index (χ4n) is 2.63. The molecule has 0 spiro atoms. The Labute approximate surface area is 162 Å². The number of aliphatic carboxylic acids is 1. The van der Waals surface area contributed by atoms with E-state index in [0.717, 1.165) is 0 Å². The number of hydrogen-bond acceptors (Lipinski definition) is 5. The highest BCUT2D eigenvalue weighted by Crippen LogP contribution is 2.31. The van der Waals surface area contributed by atoms with Crippen LogP contribution in [0.1, 0.15) is 42.3 Å². The van der Waals surface area contributed by atoms with Crippen molar-refractivity contribution in [2.24, 2.45) is 0 Å². The number of carboxylic acids is 1. The Morgan fingerprint density at radius 2 is 1.89 bits per heavy atom. The maximum Gasteiger partial charge on any atom is 0.341 e. The normalized spacial score (nSPS) is 11.0. The molecule has 0 heterocycles. The Morgan fingerprint density at radius 3 is 2.50 bits per heavy atom. The molecule has 0 bridgehead atoms. The van der Waals surface area contributed by atoms with Gasteiger partial charge in [-0.3, -0.25) is 14.9 Å². The molecule has 2 rings (SSSR count). The molecular formula is C20H22N2O6. The van der Waals surface area contributed by atoms with Crippen molar-refractivity contribution in [3.63, 3.8) is 0 Å². The van der Waals surface area contributed by atoms with E-state index in [4.69, 9.17) is 9.84 Å². The maximum atomic E-state index is 12.4. The second-order valence-electron chi connectivity index (χ2n) is 7.25. The van der Waals surface area contributed by atoms with Crippen LogP contribution in [-0.2, 0) is 16.8 Å². The van der Waals surface area contributed by atoms with Gasteiger partial charge in [0.25, 0.3) is 11.6 Å². The minimum absolute atomic E-state index is 0.0933. The molecule has 0 aliphatic rings. The van der Waals surface area contributed by atoms with Crippen LogP contribution in [0.3, 0.4) is 0 Å². The lowest BCUT2D eigenvalue weighted by atomic mass is 9.85. The van der Waals surface area contributed by atoms with Gasteiger partial charge < -0.3 is 15.2 Å². The number of carbonyl (C=O) groups is 2. The molecule has 28 heavy (non-hydrogen) atoms. The predicted octanol–water partition coefficient (Wildman–Crippen LogP) is 3.29. The van der Waals surface area contributed by atoms with Crippen molar-refractivity contribution in [2.45, 2.75) is 32.7 Å². The first-order chi connectivity index (χ1) is 13.1. The number of carboxylic acid groups (broad SMARTS) is 1. The number of benzene rings is 2. The van der Waals surface area contributed by atoms with E-state index in [1.54, 1.807) is 36.4 Å². The highest BCUT2D eigenvalue weighted by molar-refractivity contribution is 5.95. The number of hydrogen-bond donors (Lipinski definition) is 2.